The fourth-order valence-electron chi connectivity index (χ4n) is 3.55. The molecule has 3 heterocycles. The molecule has 1 N–H and O–H groups in total. The molecule has 0 saturated carbocycles. The summed E-state index contributed by atoms with van der Waals surface area (Å²) in [6.45, 7) is -0.462. The van der Waals surface area contributed by atoms with E-state index in [-0.39, 0.29) is 11.7 Å². The minimum absolute atomic E-state index is 0.110. The Morgan fingerprint density at radius 3 is 2.53 bits per heavy atom. The van der Waals surface area contributed by atoms with Crippen LogP contribution in [0.25, 0.3) is 33.9 Å². The zero-order valence-corrected chi connectivity index (χ0v) is 17.4. The Kier molecular flexibility index (Phi) is 5.38. The third-order valence-electron chi connectivity index (χ3n) is 5.10. The number of amides is 1. The second kappa shape index (κ2) is 8.66. The van der Waals surface area contributed by atoms with Crippen LogP contribution in [0, 0.1) is 11.6 Å². The van der Waals surface area contributed by atoms with Gasteiger partial charge < -0.3 is 9.84 Å². The molecule has 0 bridgehead atoms. The summed E-state index contributed by atoms with van der Waals surface area (Å²) in [5, 5.41) is 6.70. The molecule has 34 heavy (non-hydrogen) atoms. The Bertz CT molecular complexity index is 1560. The van der Waals surface area contributed by atoms with Crippen LogP contribution in [0.4, 0.5) is 14.5 Å². The number of hydrogen-bond acceptors (Lipinski definition) is 6. The van der Waals surface area contributed by atoms with E-state index in [1.165, 1.54) is 16.7 Å². The number of benzene rings is 2. The van der Waals surface area contributed by atoms with E-state index in [2.05, 4.69) is 20.4 Å². The number of anilines is 1. The summed E-state index contributed by atoms with van der Waals surface area (Å²) in [6.07, 6.45) is 1.60. The van der Waals surface area contributed by atoms with Crippen molar-refractivity contribution in [2.45, 2.75) is 6.54 Å². The number of carbonyl (C=O) groups excluding carboxylic acids is 1. The molecule has 1 amide bonds. The number of rotatable bonds is 5. The van der Waals surface area contributed by atoms with Gasteiger partial charge in [0.1, 0.15) is 29.6 Å². The van der Waals surface area contributed by atoms with Gasteiger partial charge in [-0.15, -0.1) is 0 Å². The lowest BCUT2D eigenvalue weighted by Crippen LogP contribution is -2.28. The fraction of sp³-hybridized carbons (Fsp3) is 0.0417. The minimum atomic E-state index is -0.916. The average molecular weight is 459 g/mol. The molecule has 0 fully saturated rings. The predicted molar refractivity (Wildman–Crippen MR) is 120 cm³/mol. The van der Waals surface area contributed by atoms with E-state index >= 15 is 0 Å². The average Bonchev–Trinajstić information content (AvgIpc) is 3.34. The van der Waals surface area contributed by atoms with Gasteiger partial charge in [0.15, 0.2) is 0 Å². The number of aromatic nitrogens is 4. The Balaban J connectivity index is 1.52. The normalized spacial score (nSPS) is 11.0. The third-order valence-corrected chi connectivity index (χ3v) is 5.10. The van der Waals surface area contributed by atoms with Gasteiger partial charge in [-0.25, -0.2) is 8.78 Å². The van der Waals surface area contributed by atoms with Crippen molar-refractivity contribution in [3.63, 3.8) is 0 Å². The molecule has 3 aromatic heterocycles. The molecule has 5 rings (SSSR count). The zero-order chi connectivity index (χ0) is 23.7. The second-order valence-electron chi connectivity index (χ2n) is 7.28. The lowest BCUT2D eigenvalue weighted by atomic mass is 10.1. The number of halogens is 2. The molecule has 0 saturated heterocycles. The van der Waals surface area contributed by atoms with Gasteiger partial charge in [-0.3, -0.25) is 19.1 Å². The first-order valence-corrected chi connectivity index (χ1v) is 10.1. The van der Waals surface area contributed by atoms with Crippen molar-refractivity contribution < 1.29 is 18.1 Å². The van der Waals surface area contributed by atoms with E-state index in [9.17, 15) is 18.4 Å². The van der Waals surface area contributed by atoms with Crippen LogP contribution in [0.2, 0.25) is 0 Å². The van der Waals surface area contributed by atoms with Gasteiger partial charge in [-0.05, 0) is 30.3 Å². The van der Waals surface area contributed by atoms with Crippen LogP contribution < -0.4 is 10.9 Å². The van der Waals surface area contributed by atoms with Crippen LogP contribution in [-0.2, 0) is 11.3 Å². The van der Waals surface area contributed by atoms with Gasteiger partial charge in [-0.1, -0.05) is 35.5 Å². The monoisotopic (exact) mass is 459 g/mol. The van der Waals surface area contributed by atoms with Crippen molar-refractivity contribution >= 4 is 22.5 Å². The number of para-hydroxylation sites is 2. The summed E-state index contributed by atoms with van der Waals surface area (Å²) < 4.78 is 34.4. The molecule has 168 valence electrons. The van der Waals surface area contributed by atoms with Gasteiger partial charge in [0, 0.05) is 17.6 Å². The SMILES string of the molecule is O=C(Cn1c(=O)cc(-c2nc(-c3ccccn3)no2)c2ccccc21)Nc1c(F)cccc1F. The molecule has 10 heteroatoms. The summed E-state index contributed by atoms with van der Waals surface area (Å²) in [7, 11) is 0. The van der Waals surface area contributed by atoms with Crippen LogP contribution in [0.1, 0.15) is 0 Å². The van der Waals surface area contributed by atoms with E-state index in [4.69, 9.17) is 4.52 Å². The Morgan fingerprint density at radius 2 is 1.76 bits per heavy atom. The Hall–Kier alpha value is -4.73. The number of hydrogen-bond donors (Lipinski definition) is 1. The van der Waals surface area contributed by atoms with Gasteiger partial charge in [-0.2, -0.15) is 4.98 Å². The summed E-state index contributed by atoms with van der Waals surface area (Å²) in [6, 6.07) is 16.6. The Morgan fingerprint density at radius 1 is 1.00 bits per heavy atom. The molecule has 0 unspecified atom stereocenters. The van der Waals surface area contributed by atoms with Crippen molar-refractivity contribution in [2.75, 3.05) is 5.32 Å². The molecule has 2 aromatic carbocycles. The van der Waals surface area contributed by atoms with Crippen molar-refractivity contribution in [3.05, 3.63) is 94.9 Å². The molecule has 0 atom stereocenters. The molecule has 0 aliphatic heterocycles. The molecular formula is C24H15F2N5O3. The number of pyridine rings is 2. The van der Waals surface area contributed by atoms with Crippen LogP contribution in [0.5, 0.6) is 0 Å². The second-order valence-corrected chi connectivity index (χ2v) is 7.28. The first-order chi connectivity index (χ1) is 16.5. The molecule has 0 radical (unpaired) electrons. The van der Waals surface area contributed by atoms with E-state index in [0.29, 0.717) is 22.2 Å². The first-order valence-electron chi connectivity index (χ1n) is 10.1. The maximum absolute atomic E-state index is 13.9. The summed E-state index contributed by atoms with van der Waals surface area (Å²) in [5.41, 5.74) is 0.191. The predicted octanol–water partition coefficient (Wildman–Crippen LogP) is 4.03. The molecule has 0 aliphatic carbocycles. The van der Waals surface area contributed by atoms with Gasteiger partial charge >= 0.3 is 0 Å². The highest BCUT2D eigenvalue weighted by Gasteiger charge is 2.19. The standard InChI is InChI=1S/C24H15F2N5O3/c25-16-7-5-8-17(26)22(16)28-20(32)13-31-19-10-2-1-6-14(19)15(12-21(31)33)24-29-23(30-34-24)18-9-3-4-11-27-18/h1-12H,13H2,(H,28,32). The minimum Gasteiger partial charge on any atom is -0.334 e. The molecule has 5 aromatic rings. The van der Waals surface area contributed by atoms with Crippen molar-refractivity contribution in [1.82, 2.24) is 19.7 Å². The fourth-order valence-corrected chi connectivity index (χ4v) is 3.55. The van der Waals surface area contributed by atoms with Crippen molar-refractivity contribution in [1.29, 1.82) is 0 Å². The zero-order valence-electron chi connectivity index (χ0n) is 17.4. The van der Waals surface area contributed by atoms with Crippen LogP contribution in [0.3, 0.4) is 0 Å². The number of nitrogens with zero attached hydrogens (tertiary/aromatic N) is 4. The first kappa shape index (κ1) is 21.1. The molecule has 0 aliphatic rings. The summed E-state index contributed by atoms with van der Waals surface area (Å²) in [5.74, 6) is -2.23. The smallest absolute Gasteiger partial charge is 0.259 e. The van der Waals surface area contributed by atoms with Crippen LogP contribution in [0.15, 0.2) is 82.2 Å². The van der Waals surface area contributed by atoms with Crippen LogP contribution >= 0.6 is 0 Å². The van der Waals surface area contributed by atoms with E-state index in [0.717, 1.165) is 12.1 Å². The lowest BCUT2D eigenvalue weighted by molar-refractivity contribution is -0.116. The third kappa shape index (κ3) is 3.92. The molecule has 8 nitrogen and oxygen atoms in total. The van der Waals surface area contributed by atoms with Gasteiger partial charge in [0.05, 0.1) is 11.1 Å². The maximum Gasteiger partial charge on any atom is 0.259 e. The van der Waals surface area contributed by atoms with Crippen LogP contribution in [-0.4, -0.2) is 25.6 Å². The topological polar surface area (TPSA) is 103 Å². The van der Waals surface area contributed by atoms with E-state index in [1.54, 1.807) is 48.7 Å². The summed E-state index contributed by atoms with van der Waals surface area (Å²) >= 11 is 0. The van der Waals surface area contributed by atoms with Crippen molar-refractivity contribution in [3.8, 4) is 23.0 Å². The number of nitrogens with one attached hydrogen (secondary N) is 1. The highest BCUT2D eigenvalue weighted by atomic mass is 19.1. The number of carbonyl (C=O) groups is 1. The maximum atomic E-state index is 13.9. The molecular weight excluding hydrogens is 444 g/mol. The quantitative estimate of drug-likeness (QED) is 0.426. The largest absolute Gasteiger partial charge is 0.334 e. The number of fused-ring (bicyclic) bond motifs is 1. The molecule has 0 spiro atoms. The summed E-state index contributed by atoms with van der Waals surface area (Å²) in [4.78, 5) is 34.0. The van der Waals surface area contributed by atoms with Gasteiger partial charge in [0.25, 0.3) is 11.4 Å². The van der Waals surface area contributed by atoms with Gasteiger partial charge in [0.2, 0.25) is 11.7 Å². The Labute approximate surface area is 190 Å². The lowest BCUT2D eigenvalue weighted by Gasteiger charge is -2.13. The highest BCUT2D eigenvalue weighted by Crippen LogP contribution is 2.27. The van der Waals surface area contributed by atoms with E-state index < -0.39 is 35.3 Å². The van der Waals surface area contributed by atoms with Crippen molar-refractivity contribution in [2.24, 2.45) is 0 Å². The van der Waals surface area contributed by atoms with E-state index in [1.807, 2.05) is 0 Å². The highest BCUT2D eigenvalue weighted by molar-refractivity contribution is 5.95.